The van der Waals surface area contributed by atoms with Gasteiger partial charge in [-0.2, -0.15) is 0 Å². The first kappa shape index (κ1) is 26.0. The number of benzene rings is 3. The van der Waals surface area contributed by atoms with Gasteiger partial charge in [-0.3, -0.25) is 19.3 Å². The van der Waals surface area contributed by atoms with Crippen LogP contribution in [0.15, 0.2) is 77.3 Å². The van der Waals surface area contributed by atoms with E-state index in [9.17, 15) is 9.59 Å². The number of hydrogen-bond donors (Lipinski definition) is 0. The second-order valence-electron chi connectivity index (χ2n) is 10.7. The lowest BCUT2D eigenvalue weighted by Gasteiger charge is -2.31. The van der Waals surface area contributed by atoms with Gasteiger partial charge >= 0.3 is 0 Å². The number of para-hydroxylation sites is 1. The van der Waals surface area contributed by atoms with E-state index < -0.39 is 18.1 Å². The van der Waals surface area contributed by atoms with Gasteiger partial charge in [-0.25, -0.2) is 9.96 Å². The zero-order valence-corrected chi connectivity index (χ0v) is 23.7. The van der Waals surface area contributed by atoms with Crippen molar-refractivity contribution in [3.63, 3.8) is 0 Å². The fourth-order valence-electron chi connectivity index (χ4n) is 5.96. The molecule has 6 rings (SSSR count). The minimum Gasteiger partial charge on any atom is -0.496 e. The average molecular weight is 591 g/mol. The molecule has 7 nitrogen and oxygen atoms in total. The van der Waals surface area contributed by atoms with Crippen molar-refractivity contribution in [3.05, 3.63) is 88.4 Å². The van der Waals surface area contributed by atoms with Crippen LogP contribution in [0.3, 0.4) is 0 Å². The van der Waals surface area contributed by atoms with Crippen molar-refractivity contribution >= 4 is 39.1 Å². The van der Waals surface area contributed by atoms with Crippen LogP contribution >= 0.6 is 15.9 Å². The Morgan fingerprint density at radius 3 is 2.33 bits per heavy atom. The Hall–Kier alpha value is -3.20. The molecule has 3 heterocycles. The average Bonchev–Trinajstić information content (AvgIpc) is 3.46. The molecule has 8 heteroatoms. The van der Waals surface area contributed by atoms with E-state index in [1.54, 1.807) is 24.3 Å². The molecule has 3 aliphatic rings. The largest absolute Gasteiger partial charge is 0.496 e. The highest BCUT2D eigenvalue weighted by Gasteiger charge is 2.60. The molecule has 39 heavy (non-hydrogen) atoms. The molecule has 3 saturated heterocycles. The quantitative estimate of drug-likeness (QED) is 0.342. The predicted molar refractivity (Wildman–Crippen MR) is 153 cm³/mol. The number of anilines is 2. The number of carbonyl (C=O) groups is 2. The first-order chi connectivity index (χ1) is 18.9. The Kier molecular flexibility index (Phi) is 7.18. The summed E-state index contributed by atoms with van der Waals surface area (Å²) in [7, 11) is 1.69. The summed E-state index contributed by atoms with van der Waals surface area (Å²) in [5, 5.41) is 1.75. The van der Waals surface area contributed by atoms with E-state index in [0.717, 1.165) is 52.6 Å². The van der Waals surface area contributed by atoms with Gasteiger partial charge in [0.05, 0.1) is 24.5 Å². The monoisotopic (exact) mass is 589 g/mol. The number of ether oxygens (including phenoxy) is 1. The van der Waals surface area contributed by atoms with E-state index >= 15 is 0 Å². The molecular formula is C31H32BrN3O4. The fraction of sp³-hybridized carbons (Fsp3) is 0.355. The summed E-state index contributed by atoms with van der Waals surface area (Å²) in [5.41, 5.74) is 3.34. The molecule has 3 fully saturated rings. The first-order valence-corrected chi connectivity index (χ1v) is 14.3. The summed E-state index contributed by atoms with van der Waals surface area (Å²) >= 11 is 3.43. The third-order valence-corrected chi connectivity index (χ3v) is 8.66. The zero-order valence-electron chi connectivity index (χ0n) is 22.1. The Morgan fingerprint density at radius 2 is 1.64 bits per heavy atom. The maximum Gasteiger partial charge on any atom is 0.266 e. The van der Waals surface area contributed by atoms with E-state index in [0.29, 0.717) is 5.69 Å². The molecule has 3 aliphatic heterocycles. The highest BCUT2D eigenvalue weighted by Crippen LogP contribution is 2.48. The Balaban J connectivity index is 1.38. The van der Waals surface area contributed by atoms with Gasteiger partial charge in [-0.15, -0.1) is 0 Å². The number of piperidine rings is 1. The molecule has 0 radical (unpaired) electrons. The van der Waals surface area contributed by atoms with Crippen molar-refractivity contribution in [3.8, 4) is 5.75 Å². The topological polar surface area (TPSA) is 62.3 Å². The maximum absolute atomic E-state index is 14.0. The van der Waals surface area contributed by atoms with Crippen LogP contribution in [0.5, 0.6) is 5.75 Å². The van der Waals surface area contributed by atoms with Gasteiger partial charge in [-0.05, 0) is 85.9 Å². The minimum atomic E-state index is -0.902. The molecule has 0 unspecified atom stereocenters. The SMILES string of the molecule is COc1ccc([C@@H]2[C@H]3C(=O)N(c4ccc(Br)cc4)C(=O)[C@H]3ON2c2ccccc2)cc1CN1CCC(C)CC1. The lowest BCUT2D eigenvalue weighted by molar-refractivity contribution is -0.126. The van der Waals surface area contributed by atoms with Gasteiger partial charge in [0.15, 0.2) is 6.10 Å². The molecule has 0 aliphatic carbocycles. The highest BCUT2D eigenvalue weighted by molar-refractivity contribution is 9.10. The number of likely N-dealkylation sites (tertiary alicyclic amines) is 1. The molecule has 3 aromatic carbocycles. The van der Waals surface area contributed by atoms with Crippen LogP contribution in [0, 0.1) is 11.8 Å². The standard InChI is InChI=1S/C31H32BrN3O4/c1-20-14-16-33(17-15-20)19-22-18-21(8-13-26(22)38-2)28-27-29(39-35(28)25-6-4-3-5-7-25)31(37)34(30(27)36)24-11-9-23(32)10-12-24/h3-13,18,20,27-29H,14-17,19H2,1-2H3/t27-,28-,29+/m1/s1. The van der Waals surface area contributed by atoms with Crippen LogP contribution in [0.25, 0.3) is 0 Å². The van der Waals surface area contributed by atoms with Gasteiger partial charge < -0.3 is 4.74 Å². The maximum atomic E-state index is 14.0. The van der Waals surface area contributed by atoms with Crippen LogP contribution in [0.1, 0.15) is 36.9 Å². The van der Waals surface area contributed by atoms with Crippen LogP contribution in [-0.2, 0) is 21.0 Å². The van der Waals surface area contributed by atoms with Crippen molar-refractivity contribution in [2.24, 2.45) is 11.8 Å². The van der Waals surface area contributed by atoms with Crippen molar-refractivity contribution < 1.29 is 19.2 Å². The van der Waals surface area contributed by atoms with Crippen molar-refractivity contribution in [1.82, 2.24) is 4.90 Å². The summed E-state index contributed by atoms with van der Waals surface area (Å²) in [4.78, 5) is 37.6. The number of halogens is 1. The molecule has 3 aromatic rings. The number of amides is 2. The van der Waals surface area contributed by atoms with Crippen LogP contribution < -0.4 is 14.7 Å². The van der Waals surface area contributed by atoms with Gasteiger partial charge in [0.25, 0.3) is 5.91 Å². The highest BCUT2D eigenvalue weighted by atomic mass is 79.9. The second kappa shape index (κ2) is 10.8. The summed E-state index contributed by atoms with van der Waals surface area (Å²) in [5.74, 6) is 0.300. The molecule has 0 spiro atoms. The van der Waals surface area contributed by atoms with Crippen LogP contribution in [0.2, 0.25) is 0 Å². The molecular weight excluding hydrogens is 558 g/mol. The van der Waals surface area contributed by atoms with Crippen LogP contribution in [0.4, 0.5) is 11.4 Å². The number of hydrogen-bond acceptors (Lipinski definition) is 6. The summed E-state index contributed by atoms with van der Waals surface area (Å²) in [6.45, 7) is 5.19. The third-order valence-electron chi connectivity index (χ3n) is 8.13. The predicted octanol–water partition coefficient (Wildman–Crippen LogP) is 5.74. The van der Waals surface area contributed by atoms with E-state index in [4.69, 9.17) is 9.57 Å². The fourth-order valence-corrected chi connectivity index (χ4v) is 6.23. The number of nitrogens with zero attached hydrogens (tertiary/aromatic N) is 3. The van der Waals surface area contributed by atoms with Gasteiger partial charge in [-0.1, -0.05) is 47.1 Å². The Bertz CT molecular complexity index is 1360. The molecule has 0 bridgehead atoms. The lowest BCUT2D eigenvalue weighted by atomic mass is 9.89. The number of methoxy groups -OCH3 is 1. The molecule has 202 valence electrons. The van der Waals surface area contributed by atoms with Gasteiger partial charge in [0, 0.05) is 16.6 Å². The first-order valence-electron chi connectivity index (χ1n) is 13.5. The lowest BCUT2D eigenvalue weighted by Crippen LogP contribution is -2.37. The van der Waals surface area contributed by atoms with E-state index in [2.05, 4.69) is 33.8 Å². The van der Waals surface area contributed by atoms with Crippen molar-refractivity contribution in [2.45, 2.75) is 38.5 Å². The second-order valence-corrected chi connectivity index (χ2v) is 11.6. The molecule has 3 atom stereocenters. The van der Waals surface area contributed by atoms with E-state index in [1.807, 2.05) is 54.6 Å². The molecule has 2 amide bonds. The number of rotatable bonds is 6. The Labute approximate surface area is 237 Å². The normalized spacial score (nSPS) is 23.9. The number of hydroxylamine groups is 1. The van der Waals surface area contributed by atoms with Crippen LogP contribution in [-0.4, -0.2) is 43.0 Å². The molecule has 0 aromatic heterocycles. The smallest absolute Gasteiger partial charge is 0.266 e. The Morgan fingerprint density at radius 1 is 0.923 bits per heavy atom. The van der Waals surface area contributed by atoms with Crippen molar-refractivity contribution in [2.75, 3.05) is 30.2 Å². The summed E-state index contributed by atoms with van der Waals surface area (Å²) < 4.78 is 6.62. The van der Waals surface area contributed by atoms with E-state index in [-0.39, 0.29) is 11.8 Å². The van der Waals surface area contributed by atoms with Crippen molar-refractivity contribution in [1.29, 1.82) is 0 Å². The summed E-state index contributed by atoms with van der Waals surface area (Å²) in [6.07, 6.45) is 1.47. The summed E-state index contributed by atoms with van der Waals surface area (Å²) in [6, 6.07) is 22.5. The number of carbonyl (C=O) groups excluding carboxylic acids is 2. The van der Waals surface area contributed by atoms with Gasteiger partial charge in [0.1, 0.15) is 11.7 Å². The number of fused-ring (bicyclic) bond motifs is 1. The molecule has 0 saturated carbocycles. The molecule has 0 N–H and O–H groups in total. The minimum absolute atomic E-state index is 0.252. The third kappa shape index (κ3) is 4.86. The number of imide groups is 1. The van der Waals surface area contributed by atoms with E-state index in [1.165, 1.54) is 17.7 Å². The van der Waals surface area contributed by atoms with Gasteiger partial charge in [0.2, 0.25) is 5.91 Å². The zero-order chi connectivity index (χ0) is 27.1.